The largest absolute Gasteiger partial charge is 0.369 e. The molecule has 0 N–H and O–H groups in total. The van der Waals surface area contributed by atoms with Gasteiger partial charge in [-0.1, -0.05) is 29.8 Å². The highest BCUT2D eigenvalue weighted by atomic mass is 16.2. The number of amides is 1. The summed E-state index contributed by atoms with van der Waals surface area (Å²) < 4.78 is 2.51. The molecule has 2 aliphatic heterocycles. The predicted octanol–water partition coefficient (Wildman–Crippen LogP) is 3.99. The zero-order valence-electron chi connectivity index (χ0n) is 19.0. The van der Waals surface area contributed by atoms with E-state index in [1.54, 1.807) is 0 Å². The average molecular weight is 429 g/mol. The number of aromatic nitrogens is 1. The molecule has 3 heterocycles. The normalized spacial score (nSPS) is 21.1. The first kappa shape index (κ1) is 19.9. The lowest BCUT2D eigenvalue weighted by Crippen LogP contribution is -2.52. The summed E-state index contributed by atoms with van der Waals surface area (Å²) in [5.41, 5.74) is 6.88. The number of para-hydroxylation sites is 1. The Morgan fingerprint density at radius 3 is 2.59 bits per heavy atom. The van der Waals surface area contributed by atoms with Crippen molar-refractivity contribution in [2.45, 2.75) is 38.8 Å². The van der Waals surface area contributed by atoms with Crippen molar-refractivity contribution in [2.75, 3.05) is 44.2 Å². The Morgan fingerprint density at radius 2 is 1.78 bits per heavy atom. The summed E-state index contributed by atoms with van der Waals surface area (Å²) in [6, 6.07) is 17.7. The summed E-state index contributed by atoms with van der Waals surface area (Å²) in [4.78, 5) is 20.4. The Hall–Kier alpha value is -2.79. The lowest BCUT2D eigenvalue weighted by Gasteiger charge is -2.42. The van der Waals surface area contributed by atoms with Gasteiger partial charge in [0.25, 0.3) is 0 Å². The second kappa shape index (κ2) is 7.96. The topological polar surface area (TPSA) is 31.7 Å². The first-order valence-electron chi connectivity index (χ1n) is 12.1. The third-order valence-electron chi connectivity index (χ3n) is 7.70. The Bertz CT molecular complexity index is 1140. The molecule has 3 aliphatic rings. The van der Waals surface area contributed by atoms with Crippen LogP contribution in [0.5, 0.6) is 0 Å². The Kier molecular flexibility index (Phi) is 4.94. The minimum Gasteiger partial charge on any atom is -0.369 e. The fourth-order valence-corrected chi connectivity index (χ4v) is 6.10. The molecule has 166 valence electrons. The SMILES string of the molecule is Cc1ccc2c(c1)c1c3n2CCN(C(=O)CN2CCN(c4ccccc4)CC2)[C@H]3CCC1. The van der Waals surface area contributed by atoms with Crippen molar-refractivity contribution in [3.05, 3.63) is 65.4 Å². The molecule has 6 rings (SSSR count). The lowest BCUT2D eigenvalue weighted by atomic mass is 9.89. The number of fused-ring (bicyclic) bond motifs is 3. The number of hydrogen-bond donors (Lipinski definition) is 0. The smallest absolute Gasteiger partial charge is 0.237 e. The number of carbonyl (C=O) groups is 1. The molecule has 1 aliphatic carbocycles. The van der Waals surface area contributed by atoms with E-state index in [0.29, 0.717) is 12.5 Å². The van der Waals surface area contributed by atoms with Gasteiger partial charge in [-0.25, -0.2) is 0 Å². The summed E-state index contributed by atoms with van der Waals surface area (Å²) in [6.45, 7) is 8.34. The summed E-state index contributed by atoms with van der Waals surface area (Å²) in [6.07, 6.45) is 3.41. The molecule has 1 fully saturated rings. The van der Waals surface area contributed by atoms with Crippen molar-refractivity contribution in [1.29, 1.82) is 0 Å². The Morgan fingerprint density at radius 1 is 0.969 bits per heavy atom. The summed E-state index contributed by atoms with van der Waals surface area (Å²) in [5.74, 6) is 0.309. The van der Waals surface area contributed by atoms with Gasteiger partial charge in [0.2, 0.25) is 5.91 Å². The maximum absolute atomic E-state index is 13.5. The van der Waals surface area contributed by atoms with Crippen LogP contribution in [-0.2, 0) is 17.8 Å². The zero-order chi connectivity index (χ0) is 21.7. The number of hydrogen-bond acceptors (Lipinski definition) is 3. The molecule has 0 spiro atoms. The molecule has 1 saturated heterocycles. The van der Waals surface area contributed by atoms with Crippen LogP contribution in [0.25, 0.3) is 10.9 Å². The second-order valence-electron chi connectivity index (χ2n) is 9.63. The molecule has 1 amide bonds. The number of aryl methyl sites for hydroxylation is 2. The molecule has 1 atom stereocenters. The number of benzene rings is 2. The molecule has 3 aromatic rings. The van der Waals surface area contributed by atoms with Crippen molar-refractivity contribution in [1.82, 2.24) is 14.4 Å². The number of anilines is 1. The van der Waals surface area contributed by atoms with Gasteiger partial charge in [-0.05, 0) is 56.0 Å². The van der Waals surface area contributed by atoms with Gasteiger partial charge in [0.15, 0.2) is 0 Å². The van der Waals surface area contributed by atoms with Gasteiger partial charge < -0.3 is 14.4 Å². The first-order valence-corrected chi connectivity index (χ1v) is 12.1. The number of carbonyl (C=O) groups excluding carboxylic acids is 1. The van der Waals surface area contributed by atoms with Gasteiger partial charge >= 0.3 is 0 Å². The maximum Gasteiger partial charge on any atom is 0.237 e. The van der Waals surface area contributed by atoms with Crippen molar-refractivity contribution in [3.63, 3.8) is 0 Å². The van der Waals surface area contributed by atoms with E-state index in [-0.39, 0.29) is 6.04 Å². The summed E-state index contributed by atoms with van der Waals surface area (Å²) in [7, 11) is 0. The Labute approximate surface area is 190 Å². The predicted molar refractivity (Wildman–Crippen MR) is 129 cm³/mol. The minimum atomic E-state index is 0.248. The Balaban J connectivity index is 1.18. The average Bonchev–Trinajstić information content (AvgIpc) is 3.15. The highest BCUT2D eigenvalue weighted by Gasteiger charge is 2.37. The van der Waals surface area contributed by atoms with Crippen molar-refractivity contribution in [3.8, 4) is 0 Å². The molecule has 0 unspecified atom stereocenters. The van der Waals surface area contributed by atoms with Gasteiger partial charge in [0.05, 0.1) is 12.6 Å². The van der Waals surface area contributed by atoms with Crippen LogP contribution in [0.4, 0.5) is 5.69 Å². The number of piperazine rings is 1. The van der Waals surface area contributed by atoms with Gasteiger partial charge in [-0.2, -0.15) is 0 Å². The van der Waals surface area contributed by atoms with E-state index in [1.165, 1.54) is 39.8 Å². The molecule has 2 aromatic carbocycles. The van der Waals surface area contributed by atoms with Crippen LogP contribution >= 0.6 is 0 Å². The monoisotopic (exact) mass is 428 g/mol. The fourth-order valence-electron chi connectivity index (χ4n) is 6.10. The van der Waals surface area contributed by atoms with Crippen molar-refractivity contribution < 1.29 is 4.79 Å². The molecule has 0 saturated carbocycles. The highest BCUT2D eigenvalue weighted by Crippen LogP contribution is 2.42. The van der Waals surface area contributed by atoms with E-state index in [2.05, 4.69) is 74.7 Å². The number of rotatable bonds is 3. The maximum atomic E-state index is 13.5. The molecule has 1 aromatic heterocycles. The molecule has 5 heteroatoms. The van der Waals surface area contributed by atoms with E-state index < -0.39 is 0 Å². The highest BCUT2D eigenvalue weighted by molar-refractivity contribution is 5.88. The van der Waals surface area contributed by atoms with Crippen LogP contribution in [-0.4, -0.2) is 59.5 Å². The van der Waals surface area contributed by atoms with Gasteiger partial charge in [0.1, 0.15) is 0 Å². The third kappa shape index (κ3) is 3.30. The van der Waals surface area contributed by atoms with Crippen molar-refractivity contribution in [2.24, 2.45) is 0 Å². The molecule has 0 bridgehead atoms. The quantitative estimate of drug-likeness (QED) is 0.632. The molecule has 5 nitrogen and oxygen atoms in total. The van der Waals surface area contributed by atoms with Crippen LogP contribution in [0.1, 0.15) is 35.7 Å². The van der Waals surface area contributed by atoms with E-state index in [0.717, 1.165) is 52.1 Å². The molecule has 32 heavy (non-hydrogen) atoms. The van der Waals surface area contributed by atoms with E-state index in [1.807, 2.05) is 0 Å². The first-order chi connectivity index (χ1) is 15.7. The van der Waals surface area contributed by atoms with E-state index >= 15 is 0 Å². The van der Waals surface area contributed by atoms with Gasteiger partial charge in [0, 0.05) is 61.6 Å². The van der Waals surface area contributed by atoms with Gasteiger partial charge in [-0.3, -0.25) is 9.69 Å². The van der Waals surface area contributed by atoms with Crippen LogP contribution < -0.4 is 4.90 Å². The summed E-state index contributed by atoms with van der Waals surface area (Å²) in [5, 5.41) is 1.41. The number of nitrogens with zero attached hydrogens (tertiary/aromatic N) is 4. The summed E-state index contributed by atoms with van der Waals surface area (Å²) >= 11 is 0. The lowest BCUT2D eigenvalue weighted by molar-refractivity contribution is -0.136. The second-order valence-corrected chi connectivity index (χ2v) is 9.63. The fraction of sp³-hybridized carbons (Fsp3) is 0.444. The van der Waals surface area contributed by atoms with Gasteiger partial charge in [-0.15, -0.1) is 0 Å². The standard InChI is InChI=1S/C27H32N4O/c1-20-10-11-24-23(18-20)22-8-5-9-25-27(22)31(24)17-16-30(25)26(32)19-28-12-14-29(15-13-28)21-6-3-2-4-7-21/h2-4,6-7,10-11,18,25H,5,8-9,12-17,19H2,1H3/t25-/m0/s1. The minimum absolute atomic E-state index is 0.248. The molecular weight excluding hydrogens is 396 g/mol. The van der Waals surface area contributed by atoms with Crippen LogP contribution in [0.3, 0.4) is 0 Å². The van der Waals surface area contributed by atoms with Crippen LogP contribution in [0, 0.1) is 6.92 Å². The molecule has 0 radical (unpaired) electrons. The molecular formula is C27H32N4O. The zero-order valence-corrected chi connectivity index (χ0v) is 19.0. The van der Waals surface area contributed by atoms with Crippen molar-refractivity contribution >= 4 is 22.5 Å². The third-order valence-corrected chi connectivity index (χ3v) is 7.70. The van der Waals surface area contributed by atoms with Crippen LogP contribution in [0.15, 0.2) is 48.5 Å². The van der Waals surface area contributed by atoms with Crippen LogP contribution in [0.2, 0.25) is 0 Å². The van der Waals surface area contributed by atoms with E-state index in [4.69, 9.17) is 0 Å². The van der Waals surface area contributed by atoms with E-state index in [9.17, 15) is 4.79 Å².